The number of hydrogen-bond acceptors (Lipinski definition) is 6. The number of nitrogens with zero attached hydrogens (tertiary/aromatic N) is 1. The molecule has 0 saturated heterocycles. The summed E-state index contributed by atoms with van der Waals surface area (Å²) in [4.78, 5) is 35.2. The van der Waals surface area contributed by atoms with Gasteiger partial charge in [0.05, 0.1) is 7.11 Å². The fourth-order valence-electron chi connectivity index (χ4n) is 3.22. The first-order valence-corrected chi connectivity index (χ1v) is 9.63. The number of ketones is 1. The summed E-state index contributed by atoms with van der Waals surface area (Å²) in [6.45, 7) is 3.04. The van der Waals surface area contributed by atoms with E-state index in [0.29, 0.717) is 16.9 Å². The first-order valence-electron chi connectivity index (χ1n) is 9.63. The topological polar surface area (TPSA) is 83.8 Å². The minimum atomic E-state index is -0.656. The predicted octanol–water partition coefficient (Wildman–Crippen LogP) is 3.72. The largest absolute Gasteiger partial charge is 0.497 e. The average Bonchev–Trinajstić information content (AvgIpc) is 3.10. The molecule has 3 rings (SSSR count). The number of esters is 1. The van der Waals surface area contributed by atoms with Crippen molar-refractivity contribution in [3.63, 3.8) is 0 Å². The molecule has 0 radical (unpaired) electrons. The van der Waals surface area contributed by atoms with Gasteiger partial charge in [0.1, 0.15) is 17.8 Å². The standard InChI is InChI=1S/C24H23NO6/c1-16-12-22(17(2)25(16)19-6-10-20(29-3)11-7-19)23(27)14-31-24(28)15-30-21-8-4-18(13-26)5-9-21/h4-13H,14-15H2,1-3H3. The number of rotatable bonds is 9. The van der Waals surface area contributed by atoms with Crippen molar-refractivity contribution >= 4 is 18.0 Å². The Balaban J connectivity index is 1.59. The maximum absolute atomic E-state index is 12.6. The zero-order valence-corrected chi connectivity index (χ0v) is 17.6. The van der Waals surface area contributed by atoms with Crippen LogP contribution in [0.2, 0.25) is 0 Å². The van der Waals surface area contributed by atoms with Crippen LogP contribution in [0.3, 0.4) is 0 Å². The van der Waals surface area contributed by atoms with Crippen LogP contribution in [0.5, 0.6) is 11.5 Å². The van der Waals surface area contributed by atoms with Gasteiger partial charge in [-0.3, -0.25) is 9.59 Å². The molecule has 31 heavy (non-hydrogen) atoms. The molecule has 3 aromatic rings. The molecule has 0 fully saturated rings. The van der Waals surface area contributed by atoms with Crippen molar-refractivity contribution < 1.29 is 28.6 Å². The molecule has 1 heterocycles. The Labute approximate surface area is 180 Å². The van der Waals surface area contributed by atoms with Gasteiger partial charge in [-0.25, -0.2) is 4.79 Å². The number of aryl methyl sites for hydroxylation is 1. The van der Waals surface area contributed by atoms with Crippen LogP contribution in [-0.2, 0) is 9.53 Å². The van der Waals surface area contributed by atoms with Gasteiger partial charge in [0.15, 0.2) is 13.2 Å². The number of ether oxygens (including phenoxy) is 3. The Hall–Kier alpha value is -3.87. The van der Waals surface area contributed by atoms with Crippen molar-refractivity contribution in [2.75, 3.05) is 20.3 Å². The summed E-state index contributed by atoms with van der Waals surface area (Å²) in [5.41, 5.74) is 3.55. The highest BCUT2D eigenvalue weighted by Gasteiger charge is 2.18. The molecule has 0 spiro atoms. The van der Waals surface area contributed by atoms with E-state index < -0.39 is 5.97 Å². The smallest absolute Gasteiger partial charge is 0.344 e. The molecule has 0 N–H and O–H groups in total. The number of aromatic nitrogens is 1. The van der Waals surface area contributed by atoms with Gasteiger partial charge in [-0.2, -0.15) is 0 Å². The van der Waals surface area contributed by atoms with Gasteiger partial charge in [-0.05, 0) is 68.4 Å². The van der Waals surface area contributed by atoms with Crippen molar-refractivity contribution in [2.45, 2.75) is 13.8 Å². The molecule has 0 aliphatic heterocycles. The fraction of sp³-hybridized carbons (Fsp3) is 0.208. The maximum atomic E-state index is 12.6. The Morgan fingerprint density at radius 2 is 1.58 bits per heavy atom. The predicted molar refractivity (Wildman–Crippen MR) is 114 cm³/mol. The Morgan fingerprint density at radius 1 is 0.935 bits per heavy atom. The number of Topliss-reactive ketones (excluding diaryl/α,β-unsaturated/α-hetero) is 1. The normalized spacial score (nSPS) is 10.4. The molecular weight excluding hydrogens is 398 g/mol. The summed E-state index contributed by atoms with van der Waals surface area (Å²) in [6.07, 6.45) is 0.718. The third kappa shape index (κ3) is 5.19. The van der Waals surface area contributed by atoms with Crippen molar-refractivity contribution in [3.05, 3.63) is 77.1 Å². The zero-order chi connectivity index (χ0) is 22.4. The summed E-state index contributed by atoms with van der Waals surface area (Å²) >= 11 is 0. The number of benzene rings is 2. The van der Waals surface area contributed by atoms with Gasteiger partial charge in [0.25, 0.3) is 0 Å². The maximum Gasteiger partial charge on any atom is 0.344 e. The average molecular weight is 421 g/mol. The number of methoxy groups -OCH3 is 1. The van der Waals surface area contributed by atoms with Crippen LogP contribution in [0.4, 0.5) is 0 Å². The lowest BCUT2D eigenvalue weighted by molar-refractivity contribution is -0.144. The molecule has 7 nitrogen and oxygen atoms in total. The summed E-state index contributed by atoms with van der Waals surface area (Å²) in [7, 11) is 1.60. The second-order valence-corrected chi connectivity index (χ2v) is 6.88. The monoisotopic (exact) mass is 421 g/mol. The second-order valence-electron chi connectivity index (χ2n) is 6.88. The Morgan fingerprint density at radius 3 is 2.19 bits per heavy atom. The molecule has 2 aromatic carbocycles. The molecule has 0 atom stereocenters. The lowest BCUT2D eigenvalue weighted by Crippen LogP contribution is -2.19. The highest BCUT2D eigenvalue weighted by atomic mass is 16.6. The Bertz CT molecular complexity index is 1080. The van der Waals surface area contributed by atoms with E-state index in [9.17, 15) is 14.4 Å². The second kappa shape index (κ2) is 9.75. The van der Waals surface area contributed by atoms with E-state index >= 15 is 0 Å². The van der Waals surface area contributed by atoms with Crippen molar-refractivity contribution in [2.24, 2.45) is 0 Å². The van der Waals surface area contributed by atoms with E-state index in [1.54, 1.807) is 37.4 Å². The molecule has 0 aliphatic rings. The van der Waals surface area contributed by atoms with Gasteiger partial charge in [0, 0.05) is 28.2 Å². The SMILES string of the molecule is COc1ccc(-n2c(C)cc(C(=O)COC(=O)COc3ccc(C=O)cc3)c2C)cc1. The van der Waals surface area contributed by atoms with E-state index in [1.165, 1.54) is 0 Å². The quantitative estimate of drug-likeness (QED) is 0.297. The molecule has 1 aromatic heterocycles. The summed E-state index contributed by atoms with van der Waals surface area (Å²) in [5.74, 6) is 0.224. The van der Waals surface area contributed by atoms with Gasteiger partial charge in [0.2, 0.25) is 5.78 Å². The van der Waals surface area contributed by atoms with E-state index in [2.05, 4.69) is 0 Å². The van der Waals surface area contributed by atoms with Crippen LogP contribution in [0.15, 0.2) is 54.6 Å². The lowest BCUT2D eigenvalue weighted by atomic mass is 10.1. The first-order chi connectivity index (χ1) is 14.9. The van der Waals surface area contributed by atoms with E-state index in [-0.39, 0.29) is 19.0 Å². The first kappa shape index (κ1) is 21.8. The molecule has 0 saturated carbocycles. The molecule has 0 bridgehead atoms. The molecule has 0 amide bonds. The zero-order valence-electron chi connectivity index (χ0n) is 17.6. The summed E-state index contributed by atoms with van der Waals surface area (Å²) < 4.78 is 17.5. The number of carbonyl (C=O) groups excluding carboxylic acids is 3. The van der Waals surface area contributed by atoms with Gasteiger partial charge in [-0.15, -0.1) is 0 Å². The van der Waals surface area contributed by atoms with Gasteiger partial charge < -0.3 is 18.8 Å². The number of carbonyl (C=O) groups is 3. The molecule has 7 heteroatoms. The van der Waals surface area contributed by atoms with Crippen LogP contribution in [0.25, 0.3) is 5.69 Å². The molecule has 0 unspecified atom stereocenters. The van der Waals surface area contributed by atoms with Gasteiger partial charge >= 0.3 is 5.97 Å². The fourth-order valence-corrected chi connectivity index (χ4v) is 3.22. The van der Waals surface area contributed by atoms with E-state index in [1.807, 2.05) is 42.7 Å². The summed E-state index contributed by atoms with van der Waals surface area (Å²) in [6, 6.07) is 15.6. The third-order valence-corrected chi connectivity index (χ3v) is 4.80. The lowest BCUT2D eigenvalue weighted by Gasteiger charge is -2.11. The minimum Gasteiger partial charge on any atom is -0.497 e. The highest BCUT2D eigenvalue weighted by molar-refractivity contribution is 5.99. The van der Waals surface area contributed by atoms with Crippen LogP contribution in [-0.4, -0.2) is 42.9 Å². The number of hydrogen-bond donors (Lipinski definition) is 0. The van der Waals surface area contributed by atoms with Gasteiger partial charge in [-0.1, -0.05) is 0 Å². The van der Waals surface area contributed by atoms with Crippen molar-refractivity contribution in [1.82, 2.24) is 4.57 Å². The van der Waals surface area contributed by atoms with Crippen molar-refractivity contribution in [1.29, 1.82) is 0 Å². The molecule has 0 aliphatic carbocycles. The minimum absolute atomic E-state index is 0.295. The van der Waals surface area contributed by atoms with Crippen LogP contribution in [0, 0.1) is 13.8 Å². The van der Waals surface area contributed by atoms with E-state index in [4.69, 9.17) is 14.2 Å². The Kier molecular flexibility index (Phi) is 6.87. The summed E-state index contributed by atoms with van der Waals surface area (Å²) in [5, 5.41) is 0. The highest BCUT2D eigenvalue weighted by Crippen LogP contribution is 2.23. The van der Waals surface area contributed by atoms with Crippen LogP contribution < -0.4 is 9.47 Å². The van der Waals surface area contributed by atoms with Crippen LogP contribution in [0.1, 0.15) is 32.1 Å². The third-order valence-electron chi connectivity index (χ3n) is 4.80. The van der Waals surface area contributed by atoms with E-state index in [0.717, 1.165) is 29.1 Å². The molecule has 160 valence electrons. The van der Waals surface area contributed by atoms with Crippen molar-refractivity contribution in [3.8, 4) is 17.2 Å². The van der Waals surface area contributed by atoms with Crippen LogP contribution >= 0.6 is 0 Å². The number of aldehydes is 1. The molecular formula is C24H23NO6.